The van der Waals surface area contributed by atoms with E-state index in [-0.39, 0.29) is 12.3 Å². The third kappa shape index (κ3) is 5.63. The van der Waals surface area contributed by atoms with Crippen molar-refractivity contribution in [2.24, 2.45) is 27.4 Å². The zero-order valence-corrected chi connectivity index (χ0v) is 17.3. The summed E-state index contributed by atoms with van der Waals surface area (Å²) >= 11 is 0. The number of anilines is 1. The van der Waals surface area contributed by atoms with E-state index in [2.05, 4.69) is 21.0 Å². The number of amides is 1. The number of amidine groups is 1. The van der Waals surface area contributed by atoms with Crippen molar-refractivity contribution in [2.75, 3.05) is 18.0 Å². The van der Waals surface area contributed by atoms with Crippen molar-refractivity contribution in [1.29, 1.82) is 5.26 Å². The second-order valence-corrected chi connectivity index (χ2v) is 7.58. The Hall–Kier alpha value is -3.87. The number of nitriles is 1. The van der Waals surface area contributed by atoms with Gasteiger partial charge in [0.25, 0.3) is 0 Å². The predicted octanol–water partition coefficient (Wildman–Crippen LogP) is 2.47. The molecule has 0 spiro atoms. The molecule has 0 saturated carbocycles. The first kappa shape index (κ1) is 22.8. The molecule has 3 rings (SSSR count). The molecule has 1 fully saturated rings. The fourth-order valence-corrected chi connectivity index (χ4v) is 3.52. The van der Waals surface area contributed by atoms with Crippen LogP contribution in [0.5, 0.6) is 0 Å². The number of carbonyl (C=O) groups excluding carboxylic acids is 1. The molecule has 1 aliphatic heterocycles. The van der Waals surface area contributed by atoms with Crippen LogP contribution in [0.2, 0.25) is 0 Å². The first-order valence-electron chi connectivity index (χ1n) is 9.99. The Balaban J connectivity index is 1.77. The highest BCUT2D eigenvalue weighted by Crippen LogP contribution is 2.32. The van der Waals surface area contributed by atoms with E-state index in [0.29, 0.717) is 37.3 Å². The number of primary amides is 1. The quantitative estimate of drug-likeness (QED) is 0.505. The summed E-state index contributed by atoms with van der Waals surface area (Å²) in [7, 11) is 0. The van der Waals surface area contributed by atoms with Gasteiger partial charge in [0.15, 0.2) is 0 Å². The van der Waals surface area contributed by atoms with E-state index in [1.807, 2.05) is 4.90 Å². The van der Waals surface area contributed by atoms with Crippen LogP contribution >= 0.6 is 0 Å². The van der Waals surface area contributed by atoms with E-state index in [1.54, 1.807) is 6.20 Å². The van der Waals surface area contributed by atoms with Crippen molar-refractivity contribution < 1.29 is 13.6 Å². The van der Waals surface area contributed by atoms with Crippen LogP contribution in [0.1, 0.15) is 19.3 Å². The Morgan fingerprint density at radius 3 is 2.50 bits per heavy atom. The van der Waals surface area contributed by atoms with Crippen LogP contribution in [-0.2, 0) is 4.79 Å². The minimum absolute atomic E-state index is 0.0803. The van der Waals surface area contributed by atoms with Crippen molar-refractivity contribution in [3.8, 4) is 6.07 Å². The number of pyridine rings is 1. The zero-order valence-electron chi connectivity index (χ0n) is 17.3. The third-order valence-electron chi connectivity index (χ3n) is 5.37. The summed E-state index contributed by atoms with van der Waals surface area (Å²) in [6.07, 6.45) is 5.21. The highest BCUT2D eigenvalue weighted by Gasteiger charge is 2.34. The summed E-state index contributed by atoms with van der Waals surface area (Å²) in [6.45, 7) is 1.06. The minimum atomic E-state index is -1.08. The van der Waals surface area contributed by atoms with Crippen LogP contribution < -0.4 is 16.4 Å². The van der Waals surface area contributed by atoms with E-state index in [9.17, 15) is 18.8 Å². The fourth-order valence-electron chi connectivity index (χ4n) is 3.52. The maximum atomic E-state index is 13.5. The van der Waals surface area contributed by atoms with Gasteiger partial charge in [0, 0.05) is 25.4 Å². The Morgan fingerprint density at radius 1 is 1.22 bits per heavy atom. The molecule has 8 nitrogen and oxygen atoms in total. The molecule has 1 amide bonds. The fraction of sp³-hybridized carbons (Fsp3) is 0.318. The highest BCUT2D eigenvalue weighted by molar-refractivity contribution is 6.14. The van der Waals surface area contributed by atoms with Crippen molar-refractivity contribution in [3.05, 3.63) is 54.4 Å². The van der Waals surface area contributed by atoms with E-state index >= 15 is 0 Å². The van der Waals surface area contributed by atoms with Crippen LogP contribution in [0.3, 0.4) is 0 Å². The Morgan fingerprint density at radius 2 is 1.91 bits per heavy atom. The predicted molar refractivity (Wildman–Crippen MR) is 117 cm³/mol. The van der Waals surface area contributed by atoms with Crippen LogP contribution in [0, 0.1) is 28.9 Å². The number of carbonyl (C=O) groups is 1. The smallest absolute Gasteiger partial charge is 0.233 e. The van der Waals surface area contributed by atoms with Crippen molar-refractivity contribution in [3.63, 3.8) is 0 Å². The SMILES string of the molecule is N#CCC1(N=CC(C(N)=O)C(N)=Nc2ccc(F)cc2)CCN(c2cncc(F)c2)CC1. The second kappa shape index (κ2) is 9.96. The lowest BCUT2D eigenvalue weighted by molar-refractivity contribution is -0.118. The Labute approximate surface area is 184 Å². The lowest BCUT2D eigenvalue weighted by Crippen LogP contribution is -2.44. The van der Waals surface area contributed by atoms with Gasteiger partial charge in [0.1, 0.15) is 23.4 Å². The first-order valence-corrected chi connectivity index (χ1v) is 9.99. The molecule has 10 heteroatoms. The number of nitrogens with zero attached hydrogens (tertiary/aromatic N) is 5. The van der Waals surface area contributed by atoms with Gasteiger partial charge in [-0.2, -0.15) is 5.26 Å². The van der Waals surface area contributed by atoms with Crippen LogP contribution in [0.25, 0.3) is 0 Å². The molecule has 166 valence electrons. The van der Waals surface area contributed by atoms with Gasteiger partial charge in [0.05, 0.1) is 41.8 Å². The summed E-state index contributed by atoms with van der Waals surface area (Å²) in [5.74, 6) is -2.75. The van der Waals surface area contributed by atoms with Crippen molar-refractivity contribution in [2.45, 2.75) is 24.8 Å². The molecular formula is C22H23F2N7O. The number of halogens is 2. The number of hydrogen-bond acceptors (Lipinski definition) is 6. The number of benzene rings is 1. The maximum absolute atomic E-state index is 13.5. The van der Waals surface area contributed by atoms with Gasteiger partial charge >= 0.3 is 0 Å². The highest BCUT2D eigenvalue weighted by atomic mass is 19.1. The number of hydrogen-bond donors (Lipinski definition) is 2. The molecule has 1 atom stereocenters. The number of piperidine rings is 1. The summed E-state index contributed by atoms with van der Waals surface area (Å²) < 4.78 is 26.6. The van der Waals surface area contributed by atoms with Crippen molar-refractivity contribution in [1.82, 2.24) is 4.98 Å². The summed E-state index contributed by atoms with van der Waals surface area (Å²) in [4.78, 5) is 26.5. The molecule has 1 aromatic heterocycles. The topological polar surface area (TPSA) is 134 Å². The summed E-state index contributed by atoms with van der Waals surface area (Å²) in [6, 6.07) is 8.85. The second-order valence-electron chi connectivity index (χ2n) is 7.58. The molecule has 1 unspecified atom stereocenters. The monoisotopic (exact) mass is 439 g/mol. The standard InChI is InChI=1S/C22H23F2N7O/c23-15-1-3-17(4-2-15)30-20(26)19(21(27)32)14-29-22(5-8-25)6-9-31(10-7-22)18-11-16(24)12-28-13-18/h1-4,11-14,19H,5-7,9-10H2,(H2,26,30)(H2,27,32). The van der Waals surface area contributed by atoms with Gasteiger partial charge < -0.3 is 16.4 Å². The number of nitrogens with two attached hydrogens (primary N) is 2. The molecule has 2 aromatic rings. The molecule has 0 aliphatic carbocycles. The maximum Gasteiger partial charge on any atom is 0.233 e. The van der Waals surface area contributed by atoms with Crippen LogP contribution in [0.15, 0.2) is 52.7 Å². The summed E-state index contributed by atoms with van der Waals surface area (Å²) in [5.41, 5.74) is 11.8. The van der Waals surface area contributed by atoms with Crippen molar-refractivity contribution >= 4 is 29.3 Å². The normalized spacial score (nSPS) is 17.2. The van der Waals surface area contributed by atoms with E-state index < -0.39 is 29.0 Å². The molecular weight excluding hydrogens is 416 g/mol. The number of rotatable bonds is 7. The van der Waals surface area contributed by atoms with Gasteiger partial charge in [-0.3, -0.25) is 14.8 Å². The molecule has 1 aliphatic rings. The first-order chi connectivity index (χ1) is 15.3. The van der Waals surface area contributed by atoms with Crippen LogP contribution in [-0.4, -0.2) is 41.6 Å². The lowest BCUT2D eigenvalue weighted by atomic mass is 9.85. The van der Waals surface area contributed by atoms with E-state index in [0.717, 1.165) is 6.20 Å². The number of aromatic nitrogens is 1. The van der Waals surface area contributed by atoms with E-state index in [4.69, 9.17) is 11.5 Å². The van der Waals surface area contributed by atoms with Gasteiger partial charge in [-0.05, 0) is 37.1 Å². The molecule has 0 bridgehead atoms. The lowest BCUT2D eigenvalue weighted by Gasteiger charge is -2.39. The van der Waals surface area contributed by atoms with Gasteiger partial charge in [-0.25, -0.2) is 13.8 Å². The third-order valence-corrected chi connectivity index (χ3v) is 5.37. The molecule has 4 N–H and O–H groups in total. The van der Waals surface area contributed by atoms with Gasteiger partial charge in [-0.15, -0.1) is 0 Å². The largest absolute Gasteiger partial charge is 0.386 e. The molecule has 32 heavy (non-hydrogen) atoms. The molecule has 1 saturated heterocycles. The average Bonchev–Trinajstić information content (AvgIpc) is 2.76. The Kier molecular flexibility index (Phi) is 7.10. The van der Waals surface area contributed by atoms with Crippen LogP contribution in [0.4, 0.5) is 20.2 Å². The number of aliphatic imine (C=N–C) groups is 2. The molecule has 2 heterocycles. The van der Waals surface area contributed by atoms with E-state index in [1.165, 1.54) is 36.5 Å². The molecule has 0 radical (unpaired) electrons. The average molecular weight is 439 g/mol. The van der Waals surface area contributed by atoms with Gasteiger partial charge in [-0.1, -0.05) is 0 Å². The summed E-state index contributed by atoms with van der Waals surface area (Å²) in [5, 5.41) is 9.34. The molecule has 1 aromatic carbocycles. The minimum Gasteiger partial charge on any atom is -0.386 e. The van der Waals surface area contributed by atoms with Gasteiger partial charge in [0.2, 0.25) is 5.91 Å². The Bertz CT molecular complexity index is 1050. The zero-order chi connectivity index (χ0) is 23.1.